The zero-order chi connectivity index (χ0) is 18.4. The van der Waals surface area contributed by atoms with Crippen LogP contribution in [0.15, 0.2) is 77.8 Å². The maximum Gasteiger partial charge on any atom is 0.119 e. The van der Waals surface area contributed by atoms with E-state index in [1.54, 1.807) is 6.07 Å². The van der Waals surface area contributed by atoms with Gasteiger partial charge in [0.15, 0.2) is 0 Å². The van der Waals surface area contributed by atoms with Crippen molar-refractivity contribution in [1.29, 1.82) is 0 Å². The molecule has 3 rings (SSSR count). The Labute approximate surface area is 164 Å². The van der Waals surface area contributed by atoms with Gasteiger partial charge in [0.1, 0.15) is 12.4 Å². The van der Waals surface area contributed by atoms with E-state index in [0.717, 1.165) is 22.4 Å². The number of aliphatic imine (C=N–C) groups is 1. The molecule has 26 heavy (non-hydrogen) atoms. The van der Waals surface area contributed by atoms with Gasteiger partial charge in [-0.3, -0.25) is 4.99 Å². The van der Waals surface area contributed by atoms with Crippen molar-refractivity contribution in [3.05, 3.63) is 99.5 Å². The number of hydrogen-bond acceptors (Lipinski definition) is 2. The number of nitrogens with zero attached hydrogens (tertiary/aromatic N) is 1. The zero-order valence-corrected chi connectivity index (χ0v) is 15.9. The number of ether oxygens (including phenoxy) is 1. The molecule has 4 heteroatoms. The van der Waals surface area contributed by atoms with Gasteiger partial charge in [-0.1, -0.05) is 65.7 Å². The molecule has 132 valence electrons. The lowest BCUT2D eigenvalue weighted by atomic mass is 10.1. The van der Waals surface area contributed by atoms with Crippen LogP contribution in [0.1, 0.15) is 29.7 Å². The van der Waals surface area contributed by atoms with Gasteiger partial charge in [-0.05, 0) is 53.9 Å². The van der Waals surface area contributed by atoms with Gasteiger partial charge in [0.05, 0.1) is 16.1 Å². The molecule has 0 aliphatic rings. The van der Waals surface area contributed by atoms with Crippen LogP contribution >= 0.6 is 23.2 Å². The molecule has 0 aliphatic heterocycles. The normalized spacial score (nSPS) is 12.3. The van der Waals surface area contributed by atoms with Crippen LogP contribution in [0.4, 0.5) is 0 Å². The van der Waals surface area contributed by atoms with E-state index in [1.807, 2.05) is 79.9 Å². The molecule has 0 saturated heterocycles. The summed E-state index contributed by atoms with van der Waals surface area (Å²) >= 11 is 12.3. The fourth-order valence-electron chi connectivity index (χ4n) is 2.51. The number of halogens is 2. The predicted octanol–water partition coefficient (Wildman–Crippen LogP) is 6.75. The fraction of sp³-hybridized carbons (Fsp3) is 0.136. The molecule has 0 heterocycles. The number of rotatable bonds is 6. The molecule has 0 radical (unpaired) electrons. The predicted molar refractivity (Wildman–Crippen MR) is 110 cm³/mol. The highest BCUT2D eigenvalue weighted by Gasteiger charge is 2.10. The van der Waals surface area contributed by atoms with Crippen molar-refractivity contribution < 1.29 is 4.74 Å². The lowest BCUT2D eigenvalue weighted by Crippen LogP contribution is -1.95. The first kappa shape index (κ1) is 18.5. The van der Waals surface area contributed by atoms with Crippen molar-refractivity contribution in [2.24, 2.45) is 4.99 Å². The first-order valence-electron chi connectivity index (χ1n) is 8.37. The van der Waals surface area contributed by atoms with Crippen LogP contribution in [0, 0.1) is 0 Å². The lowest BCUT2D eigenvalue weighted by molar-refractivity contribution is 0.306. The second-order valence-electron chi connectivity index (χ2n) is 5.94. The van der Waals surface area contributed by atoms with Crippen LogP contribution in [0.25, 0.3) is 0 Å². The van der Waals surface area contributed by atoms with Gasteiger partial charge in [-0.15, -0.1) is 0 Å². The summed E-state index contributed by atoms with van der Waals surface area (Å²) in [6.07, 6.45) is 1.84. The van der Waals surface area contributed by atoms with Crippen molar-refractivity contribution in [2.75, 3.05) is 0 Å². The molecule has 3 aromatic rings. The summed E-state index contributed by atoms with van der Waals surface area (Å²) in [4.78, 5) is 4.58. The van der Waals surface area contributed by atoms with Gasteiger partial charge in [0.2, 0.25) is 0 Å². The molecule has 0 aromatic heterocycles. The van der Waals surface area contributed by atoms with E-state index in [2.05, 4.69) is 4.99 Å². The Hall–Kier alpha value is -2.29. The van der Waals surface area contributed by atoms with E-state index in [1.165, 1.54) is 0 Å². The average Bonchev–Trinajstić information content (AvgIpc) is 2.68. The fourth-order valence-corrected chi connectivity index (χ4v) is 2.98. The zero-order valence-electron chi connectivity index (χ0n) is 14.4. The lowest BCUT2D eigenvalue weighted by Gasteiger charge is -2.10. The minimum Gasteiger partial charge on any atom is -0.489 e. The summed E-state index contributed by atoms with van der Waals surface area (Å²) in [5.74, 6) is 0.830. The van der Waals surface area contributed by atoms with E-state index in [0.29, 0.717) is 16.7 Å². The molecule has 0 fully saturated rings. The number of benzene rings is 3. The summed E-state index contributed by atoms with van der Waals surface area (Å²) in [6.45, 7) is 2.55. The highest BCUT2D eigenvalue weighted by Crippen LogP contribution is 2.31. The Balaban J connectivity index is 1.61. The van der Waals surface area contributed by atoms with E-state index >= 15 is 0 Å². The summed E-state index contributed by atoms with van der Waals surface area (Å²) in [7, 11) is 0. The van der Waals surface area contributed by atoms with Gasteiger partial charge in [-0.2, -0.15) is 0 Å². The molecule has 1 atom stereocenters. The Morgan fingerprint density at radius 3 is 2.38 bits per heavy atom. The molecule has 3 aromatic carbocycles. The van der Waals surface area contributed by atoms with Gasteiger partial charge in [0.25, 0.3) is 0 Å². The molecular formula is C22H19Cl2NO. The third kappa shape index (κ3) is 4.87. The minimum absolute atomic E-state index is 0.0739. The van der Waals surface area contributed by atoms with Crippen LogP contribution in [0.3, 0.4) is 0 Å². The minimum atomic E-state index is -0.0739. The van der Waals surface area contributed by atoms with Crippen LogP contribution in [0.5, 0.6) is 5.75 Å². The van der Waals surface area contributed by atoms with E-state index < -0.39 is 0 Å². The number of hydrogen-bond donors (Lipinski definition) is 0. The summed E-state index contributed by atoms with van der Waals surface area (Å²) in [5.41, 5.74) is 3.06. The first-order chi connectivity index (χ1) is 12.6. The van der Waals surface area contributed by atoms with Gasteiger partial charge < -0.3 is 4.74 Å². The van der Waals surface area contributed by atoms with E-state index in [-0.39, 0.29) is 6.04 Å². The molecule has 0 spiro atoms. The van der Waals surface area contributed by atoms with Gasteiger partial charge in [0, 0.05) is 6.21 Å². The molecule has 0 amide bonds. The molecule has 1 unspecified atom stereocenters. The summed E-state index contributed by atoms with van der Waals surface area (Å²) < 4.78 is 5.79. The smallest absolute Gasteiger partial charge is 0.119 e. The quantitative estimate of drug-likeness (QED) is 0.431. The Morgan fingerprint density at radius 2 is 1.65 bits per heavy atom. The first-order valence-corrected chi connectivity index (χ1v) is 9.13. The van der Waals surface area contributed by atoms with Crippen LogP contribution in [-0.2, 0) is 6.61 Å². The average molecular weight is 384 g/mol. The molecule has 0 bridgehead atoms. The van der Waals surface area contributed by atoms with E-state index in [9.17, 15) is 0 Å². The maximum atomic E-state index is 6.25. The highest BCUT2D eigenvalue weighted by atomic mass is 35.5. The SMILES string of the molecule is CC(/N=C\c1ccc(OCc2ccccc2)cc1)c1cccc(Cl)c1Cl. The van der Waals surface area contributed by atoms with Crippen LogP contribution in [-0.4, -0.2) is 6.21 Å². The molecule has 0 aliphatic carbocycles. The molecular weight excluding hydrogens is 365 g/mol. The Bertz CT molecular complexity index is 876. The molecule has 0 saturated carbocycles. The van der Waals surface area contributed by atoms with Crippen molar-refractivity contribution in [1.82, 2.24) is 0 Å². The van der Waals surface area contributed by atoms with Crippen molar-refractivity contribution in [2.45, 2.75) is 19.6 Å². The standard InChI is InChI=1S/C22H19Cl2NO/c1-16(20-8-5-9-21(23)22(20)24)25-14-17-10-12-19(13-11-17)26-15-18-6-3-2-4-7-18/h2-14,16H,15H2,1H3/b25-14-. The third-order valence-corrected chi connectivity index (χ3v) is 4.84. The summed E-state index contributed by atoms with van der Waals surface area (Å²) in [6, 6.07) is 23.5. The second kappa shape index (κ2) is 8.88. The van der Waals surface area contributed by atoms with Gasteiger partial charge in [-0.25, -0.2) is 0 Å². The monoisotopic (exact) mass is 383 g/mol. The highest BCUT2D eigenvalue weighted by molar-refractivity contribution is 6.42. The third-order valence-electron chi connectivity index (χ3n) is 4.01. The second-order valence-corrected chi connectivity index (χ2v) is 6.73. The molecule has 0 N–H and O–H groups in total. The van der Waals surface area contributed by atoms with Crippen LogP contribution < -0.4 is 4.74 Å². The van der Waals surface area contributed by atoms with Crippen molar-refractivity contribution in [3.8, 4) is 5.75 Å². The van der Waals surface area contributed by atoms with Crippen molar-refractivity contribution in [3.63, 3.8) is 0 Å². The summed E-state index contributed by atoms with van der Waals surface area (Å²) in [5, 5.41) is 1.11. The Kier molecular flexibility index (Phi) is 6.32. The van der Waals surface area contributed by atoms with Gasteiger partial charge >= 0.3 is 0 Å². The van der Waals surface area contributed by atoms with Crippen LogP contribution in [0.2, 0.25) is 10.0 Å². The Morgan fingerprint density at radius 1 is 0.923 bits per heavy atom. The topological polar surface area (TPSA) is 21.6 Å². The van der Waals surface area contributed by atoms with Crippen molar-refractivity contribution >= 4 is 29.4 Å². The van der Waals surface area contributed by atoms with E-state index in [4.69, 9.17) is 27.9 Å². The molecule has 2 nitrogen and oxygen atoms in total. The largest absolute Gasteiger partial charge is 0.489 e. The maximum absolute atomic E-state index is 6.25.